The van der Waals surface area contributed by atoms with E-state index >= 15 is 0 Å². The van der Waals surface area contributed by atoms with Crippen LogP contribution in [0.3, 0.4) is 0 Å². The molecule has 2 aromatic rings. The van der Waals surface area contributed by atoms with Gasteiger partial charge in [-0.2, -0.15) is 8.42 Å². The zero-order valence-corrected chi connectivity index (χ0v) is 10.4. The van der Waals surface area contributed by atoms with E-state index in [-0.39, 0.29) is 15.7 Å². The lowest BCUT2D eigenvalue weighted by molar-refractivity contribution is 0.0696. The maximum Gasteiger partial charge on any atom is 0.337 e. The lowest BCUT2D eigenvalue weighted by atomic mass is 10.3. The van der Waals surface area contributed by atoms with E-state index in [9.17, 15) is 13.2 Å². The molecule has 18 heavy (non-hydrogen) atoms. The molecule has 2 aromatic heterocycles. The first-order chi connectivity index (χ1) is 8.49. The summed E-state index contributed by atoms with van der Waals surface area (Å²) in [4.78, 5) is 18.0. The van der Waals surface area contributed by atoms with Crippen molar-refractivity contribution in [1.82, 2.24) is 9.97 Å². The number of aromatic carboxylic acids is 1. The third-order valence-corrected chi connectivity index (χ3v) is 3.98. The number of sulfonamides is 1. The highest BCUT2D eigenvalue weighted by Gasteiger charge is 2.17. The molecule has 0 bridgehead atoms. The topological polar surface area (TPSA) is 109 Å². The molecule has 0 aliphatic rings. The predicted octanol–water partition coefficient (Wildman–Crippen LogP) is 1.04. The van der Waals surface area contributed by atoms with Gasteiger partial charge in [-0.25, -0.2) is 14.8 Å². The number of carbonyl (C=O) groups is 1. The Labute approximate surface area is 106 Å². The quantitative estimate of drug-likeness (QED) is 0.868. The summed E-state index contributed by atoms with van der Waals surface area (Å²) >= 11 is 1.13. The Kier molecular flexibility index (Phi) is 3.26. The molecular formula is C9H7N3O4S2. The second-order valence-corrected chi connectivity index (χ2v) is 5.66. The molecule has 0 fully saturated rings. The Balaban J connectivity index is 2.27. The average molecular weight is 285 g/mol. The van der Waals surface area contributed by atoms with Crippen LogP contribution in [0.25, 0.3) is 0 Å². The Bertz CT molecular complexity index is 650. The van der Waals surface area contributed by atoms with Crippen molar-refractivity contribution in [2.75, 3.05) is 4.72 Å². The molecule has 0 saturated carbocycles. The van der Waals surface area contributed by atoms with Crippen LogP contribution in [0.4, 0.5) is 5.13 Å². The first-order valence-corrected chi connectivity index (χ1v) is 6.97. The molecule has 9 heteroatoms. The normalized spacial score (nSPS) is 11.1. The van der Waals surface area contributed by atoms with Crippen molar-refractivity contribution in [3.63, 3.8) is 0 Å². The van der Waals surface area contributed by atoms with Crippen molar-refractivity contribution in [2.45, 2.75) is 5.03 Å². The van der Waals surface area contributed by atoms with Crippen LogP contribution in [0.5, 0.6) is 0 Å². The minimum absolute atomic E-state index is 0.0804. The first-order valence-electron chi connectivity index (χ1n) is 4.61. The van der Waals surface area contributed by atoms with Gasteiger partial charge in [0, 0.05) is 17.8 Å². The highest BCUT2D eigenvalue weighted by Crippen LogP contribution is 2.16. The van der Waals surface area contributed by atoms with E-state index < -0.39 is 16.0 Å². The summed E-state index contributed by atoms with van der Waals surface area (Å²) in [6, 6.07) is 2.30. The predicted molar refractivity (Wildman–Crippen MR) is 64.1 cm³/mol. The molecule has 0 atom stereocenters. The van der Waals surface area contributed by atoms with Gasteiger partial charge in [0.05, 0.1) is 5.56 Å². The summed E-state index contributed by atoms with van der Waals surface area (Å²) in [5, 5.41) is 10.3. The van der Waals surface area contributed by atoms with Gasteiger partial charge in [-0.3, -0.25) is 4.72 Å². The van der Waals surface area contributed by atoms with Crippen LogP contribution >= 0.6 is 11.3 Å². The van der Waals surface area contributed by atoms with Crippen molar-refractivity contribution in [2.24, 2.45) is 0 Å². The van der Waals surface area contributed by atoms with Crippen molar-refractivity contribution >= 4 is 32.5 Å². The van der Waals surface area contributed by atoms with Crippen molar-refractivity contribution < 1.29 is 18.3 Å². The number of carboxylic acids is 1. The highest BCUT2D eigenvalue weighted by molar-refractivity contribution is 7.92. The van der Waals surface area contributed by atoms with E-state index in [1.54, 1.807) is 5.38 Å². The van der Waals surface area contributed by atoms with E-state index in [2.05, 4.69) is 14.7 Å². The monoisotopic (exact) mass is 285 g/mol. The average Bonchev–Trinajstić information content (AvgIpc) is 2.81. The number of thiazole rings is 1. The molecule has 2 heterocycles. The van der Waals surface area contributed by atoms with Crippen LogP contribution in [0, 0.1) is 0 Å². The van der Waals surface area contributed by atoms with Gasteiger partial charge in [-0.15, -0.1) is 11.3 Å². The fraction of sp³-hybridized carbons (Fsp3) is 0. The molecule has 0 aliphatic heterocycles. The smallest absolute Gasteiger partial charge is 0.337 e. The fourth-order valence-electron chi connectivity index (χ4n) is 1.11. The summed E-state index contributed by atoms with van der Waals surface area (Å²) in [5.74, 6) is -1.17. The van der Waals surface area contributed by atoms with Crippen LogP contribution in [0.15, 0.2) is 34.9 Å². The Morgan fingerprint density at radius 2 is 2.11 bits per heavy atom. The maximum absolute atomic E-state index is 11.8. The molecule has 0 aromatic carbocycles. The number of nitrogens with one attached hydrogen (secondary N) is 1. The van der Waals surface area contributed by atoms with Crippen LogP contribution < -0.4 is 4.72 Å². The summed E-state index contributed by atoms with van der Waals surface area (Å²) in [7, 11) is -3.83. The standard InChI is InChI=1S/C9H7N3O4S2/c13-8(14)6-1-2-7(11-5-6)18(15,16)12-9-10-3-4-17-9/h1-5H,(H,10,12)(H,13,14). The third-order valence-electron chi connectivity index (χ3n) is 1.91. The van der Waals surface area contributed by atoms with Crippen molar-refractivity contribution in [3.05, 3.63) is 35.5 Å². The number of carboxylic acid groups (broad SMARTS) is 1. The number of nitrogens with zero attached hydrogens (tertiary/aromatic N) is 2. The van der Waals surface area contributed by atoms with Gasteiger partial charge in [0.15, 0.2) is 10.2 Å². The molecular weight excluding hydrogens is 278 g/mol. The molecule has 2 rings (SSSR count). The second kappa shape index (κ2) is 4.70. The van der Waals surface area contributed by atoms with Gasteiger partial charge in [0.25, 0.3) is 10.0 Å². The van der Waals surface area contributed by atoms with E-state index in [0.717, 1.165) is 23.6 Å². The van der Waals surface area contributed by atoms with Crippen LogP contribution in [-0.4, -0.2) is 29.5 Å². The molecule has 0 aliphatic carbocycles. The first kappa shape index (κ1) is 12.5. The number of aromatic nitrogens is 2. The molecule has 7 nitrogen and oxygen atoms in total. The Hall–Kier alpha value is -2.00. The number of hydrogen-bond acceptors (Lipinski definition) is 6. The van der Waals surface area contributed by atoms with Crippen LogP contribution in [-0.2, 0) is 10.0 Å². The number of hydrogen-bond donors (Lipinski definition) is 2. The van der Waals surface area contributed by atoms with Gasteiger partial charge in [-0.05, 0) is 12.1 Å². The number of rotatable bonds is 4. The lowest BCUT2D eigenvalue weighted by Crippen LogP contribution is -2.14. The van der Waals surface area contributed by atoms with E-state index in [0.29, 0.717) is 0 Å². The van der Waals surface area contributed by atoms with Crippen molar-refractivity contribution in [3.8, 4) is 0 Å². The Morgan fingerprint density at radius 3 is 2.61 bits per heavy atom. The third kappa shape index (κ3) is 2.63. The summed E-state index contributed by atoms with van der Waals surface area (Å²) < 4.78 is 25.9. The molecule has 0 saturated heterocycles. The minimum atomic E-state index is -3.83. The fourth-order valence-corrected chi connectivity index (χ4v) is 2.83. The Morgan fingerprint density at radius 1 is 1.33 bits per heavy atom. The molecule has 2 N–H and O–H groups in total. The SMILES string of the molecule is O=C(O)c1ccc(S(=O)(=O)Nc2nccs2)nc1. The summed E-state index contributed by atoms with van der Waals surface area (Å²) in [5.41, 5.74) is -0.0804. The van der Waals surface area contributed by atoms with Gasteiger partial charge in [0.1, 0.15) is 0 Å². The maximum atomic E-state index is 11.8. The van der Waals surface area contributed by atoms with Gasteiger partial charge in [0.2, 0.25) is 0 Å². The second-order valence-electron chi connectivity index (χ2n) is 3.13. The van der Waals surface area contributed by atoms with Gasteiger partial charge in [-0.1, -0.05) is 0 Å². The minimum Gasteiger partial charge on any atom is -0.478 e. The van der Waals surface area contributed by atoms with E-state index in [4.69, 9.17) is 5.11 Å². The van der Waals surface area contributed by atoms with E-state index in [1.807, 2.05) is 0 Å². The van der Waals surface area contributed by atoms with Crippen LogP contribution in [0.2, 0.25) is 0 Å². The summed E-state index contributed by atoms with van der Waals surface area (Å²) in [6.07, 6.45) is 2.45. The molecule has 0 radical (unpaired) electrons. The molecule has 0 amide bonds. The molecule has 0 unspecified atom stereocenters. The van der Waals surface area contributed by atoms with Gasteiger partial charge < -0.3 is 5.11 Å². The van der Waals surface area contributed by atoms with Crippen LogP contribution in [0.1, 0.15) is 10.4 Å². The molecule has 0 spiro atoms. The summed E-state index contributed by atoms with van der Waals surface area (Å²) in [6.45, 7) is 0. The van der Waals surface area contributed by atoms with Crippen molar-refractivity contribution in [1.29, 1.82) is 0 Å². The largest absolute Gasteiger partial charge is 0.478 e. The van der Waals surface area contributed by atoms with Gasteiger partial charge >= 0.3 is 5.97 Å². The highest BCUT2D eigenvalue weighted by atomic mass is 32.2. The lowest BCUT2D eigenvalue weighted by Gasteiger charge is -2.04. The number of pyridine rings is 1. The zero-order chi connectivity index (χ0) is 13.2. The van der Waals surface area contributed by atoms with E-state index in [1.165, 1.54) is 12.3 Å². The molecule has 94 valence electrons. The number of anilines is 1. The zero-order valence-electron chi connectivity index (χ0n) is 8.77.